The monoisotopic (exact) mass is 321 g/mol. The van der Waals surface area contributed by atoms with Crippen molar-refractivity contribution in [1.82, 2.24) is 26.0 Å². The van der Waals surface area contributed by atoms with Crippen LogP contribution < -0.4 is 15.6 Å². The first-order valence-corrected chi connectivity index (χ1v) is 7.48. The number of hydrogen-bond acceptors (Lipinski definition) is 6. The van der Waals surface area contributed by atoms with Crippen molar-refractivity contribution in [3.63, 3.8) is 0 Å². The lowest BCUT2D eigenvalue weighted by molar-refractivity contribution is -0.119. The molecule has 116 valence electrons. The largest absolute Gasteiger partial charge is 0.494 e. The molecule has 2 rings (SSSR count). The number of hydrazine groups is 1. The number of rotatable bonds is 6. The second kappa shape index (κ2) is 8.03. The van der Waals surface area contributed by atoms with Crippen molar-refractivity contribution in [1.29, 1.82) is 0 Å². The third-order valence-electron chi connectivity index (χ3n) is 2.48. The molecule has 0 aliphatic carbocycles. The SMILES string of the molecule is CCOc1ccc(C(=O)NNC(=O)CSc2ncn[nH]2)cc1. The van der Waals surface area contributed by atoms with E-state index in [0.29, 0.717) is 23.1 Å². The molecule has 0 unspecified atom stereocenters. The van der Waals surface area contributed by atoms with E-state index < -0.39 is 5.91 Å². The van der Waals surface area contributed by atoms with E-state index in [9.17, 15) is 9.59 Å². The first-order valence-electron chi connectivity index (χ1n) is 6.49. The molecule has 0 fully saturated rings. The lowest BCUT2D eigenvalue weighted by Crippen LogP contribution is -2.42. The Balaban J connectivity index is 1.75. The van der Waals surface area contributed by atoms with Crippen LogP contribution in [0, 0.1) is 0 Å². The molecule has 0 aliphatic rings. The molecular weight excluding hydrogens is 306 g/mol. The van der Waals surface area contributed by atoms with Crippen LogP contribution in [0.4, 0.5) is 0 Å². The quantitative estimate of drug-likeness (QED) is 0.535. The number of aromatic amines is 1. The summed E-state index contributed by atoms with van der Waals surface area (Å²) in [5.74, 6) is 0.0481. The molecule has 2 amide bonds. The van der Waals surface area contributed by atoms with Crippen molar-refractivity contribution in [3.05, 3.63) is 36.2 Å². The summed E-state index contributed by atoms with van der Waals surface area (Å²) in [7, 11) is 0. The molecular formula is C13H15N5O3S. The smallest absolute Gasteiger partial charge is 0.269 e. The fraction of sp³-hybridized carbons (Fsp3) is 0.231. The fourth-order valence-electron chi connectivity index (χ4n) is 1.50. The van der Waals surface area contributed by atoms with E-state index in [0.717, 1.165) is 0 Å². The number of nitrogens with zero attached hydrogens (tertiary/aromatic N) is 2. The number of H-pyrrole nitrogens is 1. The van der Waals surface area contributed by atoms with Crippen molar-refractivity contribution in [2.45, 2.75) is 12.1 Å². The van der Waals surface area contributed by atoms with Crippen LogP contribution in [0.25, 0.3) is 0 Å². The summed E-state index contributed by atoms with van der Waals surface area (Å²) in [6.45, 7) is 2.44. The van der Waals surface area contributed by atoms with Gasteiger partial charge in [0.05, 0.1) is 12.4 Å². The van der Waals surface area contributed by atoms with Gasteiger partial charge in [0.2, 0.25) is 5.91 Å². The Kier molecular flexibility index (Phi) is 5.78. The van der Waals surface area contributed by atoms with Crippen LogP contribution in [0.3, 0.4) is 0 Å². The van der Waals surface area contributed by atoms with Gasteiger partial charge in [0, 0.05) is 5.56 Å². The van der Waals surface area contributed by atoms with Gasteiger partial charge in [-0.25, -0.2) is 4.98 Å². The van der Waals surface area contributed by atoms with Crippen molar-refractivity contribution >= 4 is 23.6 Å². The highest BCUT2D eigenvalue weighted by molar-refractivity contribution is 7.99. The molecule has 0 radical (unpaired) electrons. The summed E-state index contributed by atoms with van der Waals surface area (Å²) in [6, 6.07) is 6.63. The second-order valence-corrected chi connectivity index (χ2v) is 5.00. The highest BCUT2D eigenvalue weighted by Crippen LogP contribution is 2.12. The number of hydrogen-bond donors (Lipinski definition) is 3. The molecule has 3 N–H and O–H groups in total. The van der Waals surface area contributed by atoms with Crippen molar-refractivity contribution < 1.29 is 14.3 Å². The fourth-order valence-corrected chi connectivity index (χ4v) is 2.08. The van der Waals surface area contributed by atoms with Gasteiger partial charge in [-0.2, -0.15) is 5.10 Å². The van der Waals surface area contributed by atoms with Crippen molar-refractivity contribution in [2.75, 3.05) is 12.4 Å². The van der Waals surface area contributed by atoms with Crippen molar-refractivity contribution in [2.24, 2.45) is 0 Å². The average molecular weight is 321 g/mol. The molecule has 1 heterocycles. The number of nitrogens with one attached hydrogen (secondary N) is 3. The molecule has 9 heteroatoms. The van der Waals surface area contributed by atoms with E-state index >= 15 is 0 Å². The second-order valence-electron chi connectivity index (χ2n) is 4.04. The number of ether oxygens (including phenoxy) is 1. The summed E-state index contributed by atoms with van der Waals surface area (Å²) < 4.78 is 5.29. The van der Waals surface area contributed by atoms with Gasteiger partial charge in [-0.3, -0.25) is 25.5 Å². The summed E-state index contributed by atoms with van der Waals surface area (Å²) in [5.41, 5.74) is 5.09. The van der Waals surface area contributed by atoms with Gasteiger partial charge in [0.25, 0.3) is 5.91 Å². The van der Waals surface area contributed by atoms with Gasteiger partial charge < -0.3 is 4.74 Å². The molecule has 1 aromatic heterocycles. The molecule has 2 aromatic rings. The van der Waals surface area contributed by atoms with Crippen LogP contribution in [-0.4, -0.2) is 39.4 Å². The van der Waals surface area contributed by atoms with Gasteiger partial charge in [-0.1, -0.05) is 11.8 Å². The molecule has 0 spiro atoms. The minimum atomic E-state index is -0.402. The van der Waals surface area contributed by atoms with E-state index in [1.807, 2.05) is 6.92 Å². The van der Waals surface area contributed by atoms with Crippen LogP contribution in [0.2, 0.25) is 0 Å². The molecule has 1 aromatic carbocycles. The third kappa shape index (κ3) is 4.77. The minimum Gasteiger partial charge on any atom is -0.494 e. The van der Waals surface area contributed by atoms with Gasteiger partial charge in [0.1, 0.15) is 12.1 Å². The van der Waals surface area contributed by atoms with Crippen molar-refractivity contribution in [3.8, 4) is 5.75 Å². The Labute approximate surface area is 131 Å². The molecule has 22 heavy (non-hydrogen) atoms. The average Bonchev–Trinajstić information content (AvgIpc) is 3.05. The molecule has 0 bridgehead atoms. The first kappa shape index (κ1) is 15.8. The van der Waals surface area contributed by atoms with Gasteiger partial charge in [-0.05, 0) is 31.2 Å². The summed E-state index contributed by atoms with van der Waals surface area (Å²) in [5, 5.41) is 6.82. The van der Waals surface area contributed by atoms with E-state index in [2.05, 4.69) is 26.0 Å². The highest BCUT2D eigenvalue weighted by atomic mass is 32.2. The zero-order chi connectivity index (χ0) is 15.8. The topological polar surface area (TPSA) is 109 Å². The predicted molar refractivity (Wildman–Crippen MR) is 80.3 cm³/mol. The Morgan fingerprint density at radius 2 is 2.05 bits per heavy atom. The zero-order valence-electron chi connectivity index (χ0n) is 11.8. The Bertz CT molecular complexity index is 615. The summed E-state index contributed by atoms with van der Waals surface area (Å²) in [4.78, 5) is 27.3. The van der Waals surface area contributed by atoms with E-state index in [4.69, 9.17) is 4.74 Å². The van der Waals surface area contributed by atoms with Crippen LogP contribution in [0.5, 0.6) is 5.75 Å². The highest BCUT2D eigenvalue weighted by Gasteiger charge is 2.08. The Hall–Kier alpha value is -2.55. The molecule has 0 saturated heterocycles. The van der Waals surface area contributed by atoms with Crippen LogP contribution in [-0.2, 0) is 4.79 Å². The summed E-state index contributed by atoms with van der Waals surface area (Å²) >= 11 is 1.18. The third-order valence-corrected chi connectivity index (χ3v) is 3.35. The van der Waals surface area contributed by atoms with E-state index in [1.54, 1.807) is 24.3 Å². The number of carbonyl (C=O) groups excluding carboxylic acids is 2. The molecule has 0 atom stereocenters. The number of aromatic nitrogens is 3. The zero-order valence-corrected chi connectivity index (χ0v) is 12.6. The number of amides is 2. The van der Waals surface area contributed by atoms with E-state index in [-0.39, 0.29) is 11.7 Å². The maximum Gasteiger partial charge on any atom is 0.269 e. The van der Waals surface area contributed by atoms with Crippen LogP contribution in [0.15, 0.2) is 35.7 Å². The first-order chi connectivity index (χ1) is 10.7. The lowest BCUT2D eigenvalue weighted by atomic mass is 10.2. The minimum absolute atomic E-state index is 0.110. The Morgan fingerprint density at radius 3 is 2.68 bits per heavy atom. The number of carbonyl (C=O) groups is 2. The maximum absolute atomic E-state index is 11.8. The van der Waals surface area contributed by atoms with Crippen LogP contribution >= 0.6 is 11.8 Å². The molecule has 0 aliphatic heterocycles. The van der Waals surface area contributed by atoms with E-state index in [1.165, 1.54) is 18.1 Å². The van der Waals surface area contributed by atoms with Gasteiger partial charge in [0.15, 0.2) is 5.16 Å². The number of benzene rings is 1. The predicted octanol–water partition coefficient (Wildman–Crippen LogP) is 0.757. The standard InChI is InChI=1S/C13H15N5O3S/c1-2-21-10-5-3-9(4-6-10)12(20)17-16-11(19)7-22-13-14-8-15-18-13/h3-6,8H,2,7H2,1H3,(H,16,19)(H,17,20)(H,14,15,18). The molecule has 8 nitrogen and oxygen atoms in total. The summed E-state index contributed by atoms with van der Waals surface area (Å²) in [6.07, 6.45) is 1.36. The van der Waals surface area contributed by atoms with Crippen LogP contribution in [0.1, 0.15) is 17.3 Å². The normalized spacial score (nSPS) is 10.0. The lowest BCUT2D eigenvalue weighted by Gasteiger charge is -2.07. The van der Waals surface area contributed by atoms with Gasteiger partial charge >= 0.3 is 0 Å². The maximum atomic E-state index is 11.8. The Morgan fingerprint density at radius 1 is 1.27 bits per heavy atom. The molecule has 0 saturated carbocycles. The number of thioether (sulfide) groups is 1. The van der Waals surface area contributed by atoms with Gasteiger partial charge in [-0.15, -0.1) is 0 Å².